The summed E-state index contributed by atoms with van der Waals surface area (Å²) in [6.45, 7) is 3.96. The first-order valence-electron chi connectivity index (χ1n) is 4.67. The van der Waals surface area contributed by atoms with Crippen LogP contribution in [-0.4, -0.2) is 15.2 Å². The van der Waals surface area contributed by atoms with E-state index in [2.05, 4.69) is 34.2 Å². The molecule has 0 radical (unpaired) electrons. The normalized spacial score (nSPS) is 10.3. The molecule has 2 rings (SSSR count). The van der Waals surface area contributed by atoms with E-state index in [1.165, 1.54) is 5.56 Å². The molecule has 1 aromatic heterocycles. The zero-order valence-electron chi connectivity index (χ0n) is 8.61. The quantitative estimate of drug-likeness (QED) is 0.747. The number of nitrogens with zero attached hydrogens (tertiary/aromatic N) is 2. The van der Waals surface area contributed by atoms with E-state index >= 15 is 0 Å². The molecular formula is C11H11N3S. The van der Waals surface area contributed by atoms with Crippen molar-refractivity contribution in [3.8, 4) is 11.3 Å². The molecule has 0 fully saturated rings. The molecule has 0 amide bonds. The van der Waals surface area contributed by atoms with Crippen molar-refractivity contribution in [1.29, 1.82) is 0 Å². The number of H-pyrrole nitrogens is 1. The minimum atomic E-state index is 0.420. The van der Waals surface area contributed by atoms with Gasteiger partial charge in [0.1, 0.15) is 5.69 Å². The van der Waals surface area contributed by atoms with Gasteiger partial charge in [-0.2, -0.15) is 5.10 Å². The molecule has 0 unspecified atom stereocenters. The van der Waals surface area contributed by atoms with Crippen molar-refractivity contribution in [2.75, 3.05) is 0 Å². The van der Waals surface area contributed by atoms with E-state index in [0.717, 1.165) is 17.0 Å². The average molecular weight is 217 g/mol. The summed E-state index contributed by atoms with van der Waals surface area (Å²) in [7, 11) is 0. The van der Waals surface area contributed by atoms with E-state index in [0.29, 0.717) is 4.77 Å². The van der Waals surface area contributed by atoms with Gasteiger partial charge >= 0.3 is 0 Å². The highest BCUT2D eigenvalue weighted by atomic mass is 32.1. The Kier molecular flexibility index (Phi) is 2.60. The first-order chi connectivity index (χ1) is 7.16. The summed E-state index contributed by atoms with van der Waals surface area (Å²) in [6.07, 6.45) is 0. The van der Waals surface area contributed by atoms with Gasteiger partial charge in [-0.25, -0.2) is 4.98 Å². The Bertz CT molecular complexity index is 546. The topological polar surface area (TPSA) is 41.6 Å². The van der Waals surface area contributed by atoms with E-state index in [1.54, 1.807) is 0 Å². The lowest BCUT2D eigenvalue weighted by molar-refractivity contribution is 0.928. The summed E-state index contributed by atoms with van der Waals surface area (Å²) in [5.41, 5.74) is 3.97. The fraction of sp³-hybridized carbons (Fsp3) is 0.182. The Hall–Kier alpha value is -1.55. The summed E-state index contributed by atoms with van der Waals surface area (Å²) < 4.78 is 0.420. The summed E-state index contributed by atoms with van der Waals surface area (Å²) in [6, 6.07) is 8.15. The summed E-state index contributed by atoms with van der Waals surface area (Å²) >= 11 is 4.91. The highest BCUT2D eigenvalue weighted by Crippen LogP contribution is 2.19. The zero-order valence-corrected chi connectivity index (χ0v) is 9.43. The van der Waals surface area contributed by atoms with E-state index < -0.39 is 0 Å². The predicted octanol–water partition coefficient (Wildman–Crippen LogP) is 2.82. The number of hydrogen-bond donors (Lipinski definition) is 1. The smallest absolute Gasteiger partial charge is 0.213 e. The lowest BCUT2D eigenvalue weighted by atomic mass is 10.1. The number of aryl methyl sites for hydroxylation is 2. The second kappa shape index (κ2) is 3.90. The van der Waals surface area contributed by atoms with Crippen molar-refractivity contribution >= 4 is 12.2 Å². The summed E-state index contributed by atoms with van der Waals surface area (Å²) in [5.74, 6) is 0. The molecule has 0 aliphatic rings. The minimum Gasteiger partial charge on any atom is -0.251 e. The Morgan fingerprint density at radius 1 is 1.27 bits per heavy atom. The molecule has 1 aromatic carbocycles. The largest absolute Gasteiger partial charge is 0.251 e. The molecule has 0 atom stereocenters. The number of benzene rings is 1. The third-order valence-electron chi connectivity index (χ3n) is 2.17. The van der Waals surface area contributed by atoms with Gasteiger partial charge in [0.25, 0.3) is 0 Å². The average Bonchev–Trinajstić information content (AvgIpc) is 2.17. The molecule has 4 heteroatoms. The number of aromatic amines is 1. The van der Waals surface area contributed by atoms with E-state index in [9.17, 15) is 0 Å². The monoisotopic (exact) mass is 217 g/mol. The highest BCUT2D eigenvalue weighted by Gasteiger charge is 2.04. The van der Waals surface area contributed by atoms with Crippen molar-refractivity contribution in [3.05, 3.63) is 40.3 Å². The predicted molar refractivity (Wildman–Crippen MR) is 62.1 cm³/mol. The van der Waals surface area contributed by atoms with Crippen molar-refractivity contribution < 1.29 is 0 Å². The molecule has 0 spiro atoms. The van der Waals surface area contributed by atoms with E-state index in [4.69, 9.17) is 12.2 Å². The molecule has 15 heavy (non-hydrogen) atoms. The molecular weight excluding hydrogens is 206 g/mol. The van der Waals surface area contributed by atoms with Crippen LogP contribution < -0.4 is 0 Å². The maximum absolute atomic E-state index is 4.91. The van der Waals surface area contributed by atoms with Gasteiger partial charge in [-0.3, -0.25) is 5.10 Å². The molecule has 1 N–H and O–H groups in total. The van der Waals surface area contributed by atoms with Crippen LogP contribution in [0.15, 0.2) is 24.3 Å². The van der Waals surface area contributed by atoms with Gasteiger partial charge in [0.05, 0.1) is 5.69 Å². The van der Waals surface area contributed by atoms with Crippen molar-refractivity contribution in [2.24, 2.45) is 0 Å². The molecule has 3 nitrogen and oxygen atoms in total. The van der Waals surface area contributed by atoms with E-state index in [-0.39, 0.29) is 0 Å². The SMILES string of the molecule is Cc1cccc(-c2n[nH]c(=S)nc2C)c1. The Balaban J connectivity index is 2.59. The van der Waals surface area contributed by atoms with Crippen LogP contribution in [0.4, 0.5) is 0 Å². The molecule has 0 bridgehead atoms. The lowest BCUT2D eigenvalue weighted by Crippen LogP contribution is -1.96. The second-order valence-electron chi connectivity index (χ2n) is 3.44. The number of aromatic nitrogens is 3. The molecule has 2 aromatic rings. The fourth-order valence-corrected chi connectivity index (χ4v) is 1.66. The molecule has 0 saturated carbocycles. The van der Waals surface area contributed by atoms with Crippen LogP contribution in [-0.2, 0) is 0 Å². The summed E-state index contributed by atoms with van der Waals surface area (Å²) in [4.78, 5) is 4.18. The number of nitrogens with one attached hydrogen (secondary N) is 1. The van der Waals surface area contributed by atoms with Crippen molar-refractivity contribution in [2.45, 2.75) is 13.8 Å². The molecule has 0 aliphatic carbocycles. The first kappa shape index (κ1) is 9.98. The van der Waals surface area contributed by atoms with Gasteiger partial charge in [-0.1, -0.05) is 23.8 Å². The third-order valence-corrected chi connectivity index (χ3v) is 2.35. The van der Waals surface area contributed by atoms with Gasteiger partial charge in [0.2, 0.25) is 4.77 Å². The zero-order chi connectivity index (χ0) is 10.8. The number of rotatable bonds is 1. The van der Waals surface area contributed by atoms with Crippen LogP contribution in [0.25, 0.3) is 11.3 Å². The van der Waals surface area contributed by atoms with Crippen molar-refractivity contribution in [1.82, 2.24) is 15.2 Å². The maximum Gasteiger partial charge on any atom is 0.213 e. The van der Waals surface area contributed by atoms with Gasteiger partial charge < -0.3 is 0 Å². The third kappa shape index (κ3) is 2.10. The van der Waals surface area contributed by atoms with Crippen molar-refractivity contribution in [3.63, 3.8) is 0 Å². The maximum atomic E-state index is 4.91. The Morgan fingerprint density at radius 2 is 2.07 bits per heavy atom. The Labute approximate surface area is 93.2 Å². The molecule has 0 aliphatic heterocycles. The summed E-state index contributed by atoms with van der Waals surface area (Å²) in [5, 5.41) is 6.91. The van der Waals surface area contributed by atoms with Crippen LogP contribution in [0.3, 0.4) is 0 Å². The fourth-order valence-electron chi connectivity index (χ4n) is 1.48. The minimum absolute atomic E-state index is 0.420. The van der Waals surface area contributed by atoms with Crippen LogP contribution in [0.1, 0.15) is 11.3 Å². The number of hydrogen-bond acceptors (Lipinski definition) is 3. The van der Waals surface area contributed by atoms with Gasteiger partial charge in [-0.15, -0.1) is 0 Å². The van der Waals surface area contributed by atoms with Crippen LogP contribution in [0.2, 0.25) is 0 Å². The molecule has 76 valence electrons. The lowest BCUT2D eigenvalue weighted by Gasteiger charge is -2.03. The van der Waals surface area contributed by atoms with Gasteiger partial charge in [0.15, 0.2) is 0 Å². The first-order valence-corrected chi connectivity index (χ1v) is 5.08. The van der Waals surface area contributed by atoms with Crippen LogP contribution in [0.5, 0.6) is 0 Å². The van der Waals surface area contributed by atoms with Gasteiger partial charge in [0, 0.05) is 5.56 Å². The Morgan fingerprint density at radius 3 is 2.73 bits per heavy atom. The molecule has 0 saturated heterocycles. The second-order valence-corrected chi connectivity index (χ2v) is 3.83. The van der Waals surface area contributed by atoms with Crippen LogP contribution >= 0.6 is 12.2 Å². The van der Waals surface area contributed by atoms with Gasteiger partial charge in [-0.05, 0) is 32.1 Å². The van der Waals surface area contributed by atoms with Crippen LogP contribution in [0, 0.1) is 18.6 Å². The molecule has 1 heterocycles. The highest BCUT2D eigenvalue weighted by molar-refractivity contribution is 7.71. The van der Waals surface area contributed by atoms with E-state index in [1.807, 2.05) is 19.1 Å². The standard InChI is InChI=1S/C11H11N3S/c1-7-4-3-5-9(6-7)10-8(2)12-11(15)14-13-10/h3-6H,1-2H3,(H,12,14,15).